The number of aromatic nitrogens is 2. The van der Waals surface area contributed by atoms with Gasteiger partial charge in [-0.2, -0.15) is 0 Å². The lowest BCUT2D eigenvalue weighted by molar-refractivity contribution is -0.119. The summed E-state index contributed by atoms with van der Waals surface area (Å²) in [5, 5.41) is 5.72. The van der Waals surface area contributed by atoms with Crippen molar-refractivity contribution in [2.45, 2.75) is 19.3 Å². The SMILES string of the molecule is O=C(Nc1nc(Cc2ccc(-c3ccncc3)cc2)cs1)C1Cc2ccccc2C1. The van der Waals surface area contributed by atoms with E-state index >= 15 is 0 Å². The summed E-state index contributed by atoms with van der Waals surface area (Å²) in [6, 6.07) is 20.8. The number of amides is 1. The molecule has 2 aromatic carbocycles. The number of benzene rings is 2. The lowest BCUT2D eigenvalue weighted by Crippen LogP contribution is -2.23. The van der Waals surface area contributed by atoms with Crippen LogP contribution >= 0.6 is 11.3 Å². The maximum atomic E-state index is 12.7. The molecule has 0 radical (unpaired) electrons. The monoisotopic (exact) mass is 411 g/mol. The van der Waals surface area contributed by atoms with E-state index in [0.717, 1.165) is 30.5 Å². The van der Waals surface area contributed by atoms with Gasteiger partial charge in [-0.05, 0) is 52.8 Å². The van der Waals surface area contributed by atoms with E-state index in [9.17, 15) is 4.79 Å². The fraction of sp³-hybridized carbons (Fsp3) is 0.160. The van der Waals surface area contributed by atoms with Gasteiger partial charge in [0.05, 0.1) is 5.69 Å². The molecular weight excluding hydrogens is 390 g/mol. The van der Waals surface area contributed by atoms with E-state index in [-0.39, 0.29) is 11.8 Å². The Morgan fingerprint density at radius 1 is 0.933 bits per heavy atom. The first-order chi connectivity index (χ1) is 14.7. The summed E-state index contributed by atoms with van der Waals surface area (Å²) in [7, 11) is 0. The molecule has 1 N–H and O–H groups in total. The smallest absolute Gasteiger partial charge is 0.229 e. The Kier molecular flexibility index (Phi) is 5.11. The molecule has 0 unspecified atom stereocenters. The number of hydrogen-bond donors (Lipinski definition) is 1. The molecule has 0 bridgehead atoms. The molecular formula is C25H21N3OS. The summed E-state index contributed by atoms with van der Waals surface area (Å²) in [5.41, 5.74) is 7.07. The predicted molar refractivity (Wildman–Crippen MR) is 121 cm³/mol. The fourth-order valence-corrected chi connectivity index (χ4v) is 4.68. The molecule has 1 aliphatic rings. The zero-order chi connectivity index (χ0) is 20.3. The van der Waals surface area contributed by atoms with E-state index in [2.05, 4.69) is 51.7 Å². The molecule has 0 aliphatic heterocycles. The summed E-state index contributed by atoms with van der Waals surface area (Å²) in [5.74, 6) is 0.0595. The van der Waals surface area contributed by atoms with E-state index in [4.69, 9.17) is 0 Å². The van der Waals surface area contributed by atoms with Gasteiger partial charge in [0.2, 0.25) is 5.91 Å². The highest BCUT2D eigenvalue weighted by atomic mass is 32.1. The third-order valence-electron chi connectivity index (χ3n) is 5.56. The van der Waals surface area contributed by atoms with Crippen LogP contribution in [0.25, 0.3) is 11.1 Å². The first kappa shape index (κ1) is 18.7. The summed E-state index contributed by atoms with van der Waals surface area (Å²) < 4.78 is 0. The average Bonchev–Trinajstić information content (AvgIpc) is 3.41. The van der Waals surface area contributed by atoms with Gasteiger partial charge in [-0.15, -0.1) is 11.3 Å². The minimum Gasteiger partial charge on any atom is -0.302 e. The second-order valence-corrected chi connectivity index (χ2v) is 8.47. The second-order valence-electron chi connectivity index (χ2n) is 7.62. The van der Waals surface area contributed by atoms with Crippen LogP contribution < -0.4 is 5.32 Å². The molecule has 1 aliphatic carbocycles. The van der Waals surface area contributed by atoms with E-state index in [1.54, 1.807) is 12.4 Å². The Morgan fingerprint density at radius 2 is 1.60 bits per heavy atom. The molecule has 4 nitrogen and oxygen atoms in total. The van der Waals surface area contributed by atoms with Crippen LogP contribution in [-0.2, 0) is 24.1 Å². The average molecular weight is 412 g/mol. The van der Waals surface area contributed by atoms with Crippen molar-refractivity contribution in [3.05, 3.63) is 101 Å². The number of pyridine rings is 1. The van der Waals surface area contributed by atoms with Crippen LogP contribution in [0.5, 0.6) is 0 Å². The van der Waals surface area contributed by atoms with Crippen molar-refractivity contribution in [2.75, 3.05) is 5.32 Å². The maximum absolute atomic E-state index is 12.7. The summed E-state index contributed by atoms with van der Waals surface area (Å²) >= 11 is 1.49. The third kappa shape index (κ3) is 4.02. The quantitative estimate of drug-likeness (QED) is 0.494. The molecule has 0 saturated carbocycles. The molecule has 2 heterocycles. The zero-order valence-electron chi connectivity index (χ0n) is 16.4. The van der Waals surface area contributed by atoms with E-state index in [1.807, 2.05) is 29.6 Å². The van der Waals surface area contributed by atoms with Gasteiger partial charge in [0.1, 0.15) is 0 Å². The number of carbonyl (C=O) groups is 1. The number of carbonyl (C=O) groups excluding carboxylic acids is 1. The zero-order valence-corrected chi connectivity index (χ0v) is 17.2. The molecule has 0 spiro atoms. The van der Waals surface area contributed by atoms with Crippen molar-refractivity contribution in [1.29, 1.82) is 0 Å². The molecule has 30 heavy (non-hydrogen) atoms. The highest BCUT2D eigenvalue weighted by molar-refractivity contribution is 7.13. The molecule has 0 saturated heterocycles. The van der Waals surface area contributed by atoms with E-state index < -0.39 is 0 Å². The van der Waals surface area contributed by atoms with Gasteiger partial charge >= 0.3 is 0 Å². The van der Waals surface area contributed by atoms with Crippen molar-refractivity contribution in [3.63, 3.8) is 0 Å². The molecule has 1 amide bonds. The first-order valence-electron chi connectivity index (χ1n) is 10.1. The minimum atomic E-state index is -0.00418. The maximum Gasteiger partial charge on any atom is 0.229 e. The van der Waals surface area contributed by atoms with Crippen LogP contribution in [0.2, 0.25) is 0 Å². The van der Waals surface area contributed by atoms with Gasteiger partial charge in [0.15, 0.2) is 5.13 Å². The number of nitrogens with zero attached hydrogens (tertiary/aromatic N) is 2. The third-order valence-corrected chi connectivity index (χ3v) is 6.36. The summed E-state index contributed by atoms with van der Waals surface area (Å²) in [6.45, 7) is 0. The topological polar surface area (TPSA) is 54.9 Å². The second kappa shape index (κ2) is 8.20. The van der Waals surface area contributed by atoms with Crippen molar-refractivity contribution in [2.24, 2.45) is 5.92 Å². The van der Waals surface area contributed by atoms with Crippen LogP contribution in [0.1, 0.15) is 22.4 Å². The van der Waals surface area contributed by atoms with E-state index in [1.165, 1.54) is 33.6 Å². The van der Waals surface area contributed by atoms with Crippen LogP contribution in [0.15, 0.2) is 78.4 Å². The van der Waals surface area contributed by atoms with Gasteiger partial charge in [0, 0.05) is 30.1 Å². The number of thiazole rings is 1. The Morgan fingerprint density at radius 3 is 2.30 bits per heavy atom. The number of rotatable bonds is 5. The number of hydrogen-bond acceptors (Lipinski definition) is 4. The summed E-state index contributed by atoms with van der Waals surface area (Å²) in [4.78, 5) is 21.4. The normalized spacial score (nSPS) is 13.2. The molecule has 4 aromatic rings. The van der Waals surface area contributed by atoms with Gasteiger partial charge in [-0.3, -0.25) is 9.78 Å². The van der Waals surface area contributed by atoms with Crippen molar-refractivity contribution in [1.82, 2.24) is 9.97 Å². The molecule has 5 heteroatoms. The largest absolute Gasteiger partial charge is 0.302 e. The Hall–Kier alpha value is -3.31. The predicted octanol–water partition coefficient (Wildman–Crippen LogP) is 5.15. The van der Waals surface area contributed by atoms with Gasteiger partial charge in [-0.25, -0.2) is 4.98 Å². The van der Waals surface area contributed by atoms with Gasteiger partial charge < -0.3 is 5.32 Å². The fourth-order valence-electron chi connectivity index (χ4n) is 3.97. The van der Waals surface area contributed by atoms with Crippen LogP contribution in [-0.4, -0.2) is 15.9 Å². The van der Waals surface area contributed by atoms with Crippen LogP contribution in [0, 0.1) is 5.92 Å². The lowest BCUT2D eigenvalue weighted by Gasteiger charge is -2.07. The Labute approximate surface area is 179 Å². The number of anilines is 1. The lowest BCUT2D eigenvalue weighted by atomic mass is 10.0. The van der Waals surface area contributed by atoms with Gasteiger partial charge in [0.25, 0.3) is 0 Å². The van der Waals surface area contributed by atoms with Crippen molar-refractivity contribution < 1.29 is 4.79 Å². The van der Waals surface area contributed by atoms with E-state index in [0.29, 0.717) is 5.13 Å². The van der Waals surface area contributed by atoms with Crippen LogP contribution in [0.4, 0.5) is 5.13 Å². The Balaban J connectivity index is 1.20. The molecule has 2 aromatic heterocycles. The molecule has 0 atom stereocenters. The first-order valence-corrected chi connectivity index (χ1v) is 10.9. The Bertz CT molecular complexity index is 1140. The van der Waals surface area contributed by atoms with Gasteiger partial charge in [-0.1, -0.05) is 48.5 Å². The summed E-state index contributed by atoms with van der Waals surface area (Å²) in [6.07, 6.45) is 5.98. The highest BCUT2D eigenvalue weighted by Crippen LogP contribution is 2.28. The molecule has 5 rings (SSSR count). The molecule has 0 fully saturated rings. The number of nitrogens with one attached hydrogen (secondary N) is 1. The minimum absolute atomic E-state index is 0.00418. The number of fused-ring (bicyclic) bond motifs is 1. The molecule has 148 valence electrons. The highest BCUT2D eigenvalue weighted by Gasteiger charge is 2.27. The standard InChI is InChI=1S/C25H21N3OS/c29-24(22-14-20-3-1-2-4-21(20)15-22)28-25-27-23(16-30-25)13-17-5-7-18(8-6-17)19-9-11-26-12-10-19/h1-12,16,22H,13-15H2,(H,27,28,29). The van der Waals surface area contributed by atoms with Crippen molar-refractivity contribution in [3.8, 4) is 11.1 Å². The van der Waals surface area contributed by atoms with Crippen LogP contribution in [0.3, 0.4) is 0 Å². The van der Waals surface area contributed by atoms with Crippen molar-refractivity contribution >= 4 is 22.4 Å².